The summed E-state index contributed by atoms with van der Waals surface area (Å²) >= 11 is 0. The van der Waals surface area contributed by atoms with E-state index in [4.69, 9.17) is 0 Å². The number of carbonyl (C=O) groups is 3. The summed E-state index contributed by atoms with van der Waals surface area (Å²) in [4.78, 5) is 37.2. The van der Waals surface area contributed by atoms with Crippen molar-refractivity contribution in [1.82, 2.24) is 10.2 Å². The summed E-state index contributed by atoms with van der Waals surface area (Å²) in [5.74, 6) is -1.16. The first-order valence-electron chi connectivity index (χ1n) is 7.97. The number of methoxy groups -OCH3 is 1. The fourth-order valence-corrected chi connectivity index (χ4v) is 2.83. The monoisotopic (exact) mass is 346 g/mol. The number of hydrogen-bond donors (Lipinski definition) is 2. The van der Waals surface area contributed by atoms with Crippen LogP contribution in [0.4, 0.5) is 0 Å². The molecular formula is C18H22N2O5. The summed E-state index contributed by atoms with van der Waals surface area (Å²) < 4.78 is 4.63. The third-order valence-electron chi connectivity index (χ3n) is 4.03. The molecule has 0 saturated carbocycles. The van der Waals surface area contributed by atoms with Crippen LogP contribution in [0.5, 0.6) is 0 Å². The van der Waals surface area contributed by atoms with Crippen LogP contribution in [-0.2, 0) is 25.5 Å². The zero-order valence-corrected chi connectivity index (χ0v) is 14.2. The molecule has 134 valence electrons. The van der Waals surface area contributed by atoms with Crippen molar-refractivity contribution in [3.05, 3.63) is 48.0 Å². The fraction of sp³-hybridized carbons (Fsp3) is 0.389. The number of amides is 2. The fourth-order valence-electron chi connectivity index (χ4n) is 2.83. The van der Waals surface area contributed by atoms with E-state index in [2.05, 4.69) is 10.1 Å². The quantitative estimate of drug-likeness (QED) is 0.594. The van der Waals surface area contributed by atoms with E-state index < -0.39 is 24.3 Å². The Morgan fingerprint density at radius 2 is 1.88 bits per heavy atom. The zero-order chi connectivity index (χ0) is 18.4. The van der Waals surface area contributed by atoms with Gasteiger partial charge in [0, 0.05) is 6.92 Å². The van der Waals surface area contributed by atoms with Crippen molar-refractivity contribution >= 4 is 17.8 Å². The van der Waals surface area contributed by atoms with Crippen molar-refractivity contribution in [3.63, 3.8) is 0 Å². The van der Waals surface area contributed by atoms with E-state index >= 15 is 0 Å². The molecular weight excluding hydrogens is 324 g/mol. The second-order valence-electron chi connectivity index (χ2n) is 5.82. The molecule has 1 aromatic rings. The summed E-state index contributed by atoms with van der Waals surface area (Å²) in [7, 11) is 1.24. The van der Waals surface area contributed by atoms with E-state index in [1.807, 2.05) is 30.3 Å². The number of nitrogens with one attached hydrogen (secondary N) is 1. The van der Waals surface area contributed by atoms with Crippen molar-refractivity contribution in [2.24, 2.45) is 0 Å². The van der Waals surface area contributed by atoms with Gasteiger partial charge < -0.3 is 20.1 Å². The van der Waals surface area contributed by atoms with Gasteiger partial charge in [0.25, 0.3) is 0 Å². The number of esters is 1. The Hall–Kier alpha value is -2.67. The summed E-state index contributed by atoms with van der Waals surface area (Å²) in [6, 6.07) is 8.42. The van der Waals surface area contributed by atoms with E-state index in [0.29, 0.717) is 0 Å². The normalized spacial score (nSPS) is 22.4. The van der Waals surface area contributed by atoms with Gasteiger partial charge in [0.2, 0.25) is 11.8 Å². The molecule has 0 radical (unpaired) electrons. The van der Waals surface area contributed by atoms with Gasteiger partial charge in [-0.3, -0.25) is 14.4 Å². The van der Waals surface area contributed by atoms with E-state index in [0.717, 1.165) is 5.56 Å². The van der Waals surface area contributed by atoms with E-state index in [-0.39, 0.29) is 24.7 Å². The van der Waals surface area contributed by atoms with Crippen LogP contribution in [-0.4, -0.2) is 53.2 Å². The van der Waals surface area contributed by atoms with Crippen LogP contribution in [0, 0.1) is 0 Å². The highest BCUT2D eigenvalue weighted by molar-refractivity contribution is 5.81. The molecule has 1 aromatic carbocycles. The van der Waals surface area contributed by atoms with E-state index in [9.17, 15) is 19.5 Å². The zero-order valence-electron chi connectivity index (χ0n) is 14.2. The Labute approximate surface area is 146 Å². The van der Waals surface area contributed by atoms with Crippen molar-refractivity contribution in [3.8, 4) is 0 Å². The first-order valence-corrected chi connectivity index (χ1v) is 7.97. The van der Waals surface area contributed by atoms with Gasteiger partial charge in [0.15, 0.2) is 0 Å². The number of rotatable bonds is 5. The molecule has 25 heavy (non-hydrogen) atoms. The standard InChI is InChI=1S/C18H22N2O5/c1-12(21)20-14(11-18(24)25-2)15(22)8-9-16(20)19-17(23)10-13-6-4-3-5-7-13/h3-9,14-16,22H,10-11H2,1-2H3,(H,19,23)/t14-,15+,16+/m0/s1. The molecule has 1 aliphatic rings. The summed E-state index contributed by atoms with van der Waals surface area (Å²) in [5, 5.41) is 12.9. The lowest BCUT2D eigenvalue weighted by molar-refractivity contribution is -0.147. The largest absolute Gasteiger partial charge is 0.469 e. The number of ether oxygens (including phenoxy) is 1. The molecule has 0 aromatic heterocycles. The molecule has 2 amide bonds. The predicted octanol–water partition coefficient (Wildman–Crippen LogP) is 0.382. The number of benzene rings is 1. The maximum atomic E-state index is 12.3. The molecule has 0 spiro atoms. The van der Waals surface area contributed by atoms with Crippen LogP contribution in [0.25, 0.3) is 0 Å². The van der Waals surface area contributed by atoms with Gasteiger partial charge in [-0.1, -0.05) is 36.4 Å². The Morgan fingerprint density at radius 3 is 2.48 bits per heavy atom. The topological polar surface area (TPSA) is 95.9 Å². The Kier molecular flexibility index (Phi) is 6.30. The van der Waals surface area contributed by atoms with Gasteiger partial charge in [-0.2, -0.15) is 0 Å². The van der Waals surface area contributed by atoms with Gasteiger partial charge in [-0.05, 0) is 11.6 Å². The minimum Gasteiger partial charge on any atom is -0.469 e. The molecule has 0 saturated heterocycles. The Morgan fingerprint density at radius 1 is 1.20 bits per heavy atom. The van der Waals surface area contributed by atoms with Crippen LogP contribution >= 0.6 is 0 Å². The molecule has 0 unspecified atom stereocenters. The van der Waals surface area contributed by atoms with Crippen LogP contribution in [0.15, 0.2) is 42.5 Å². The Bertz CT molecular complexity index is 659. The first-order chi connectivity index (χ1) is 11.9. The molecule has 2 rings (SSSR count). The summed E-state index contributed by atoms with van der Waals surface area (Å²) in [6.07, 6.45) is 1.29. The lowest BCUT2D eigenvalue weighted by atomic mass is 9.99. The van der Waals surface area contributed by atoms with Crippen LogP contribution < -0.4 is 5.32 Å². The van der Waals surface area contributed by atoms with Gasteiger partial charge >= 0.3 is 5.97 Å². The third kappa shape index (κ3) is 4.90. The lowest BCUT2D eigenvalue weighted by Gasteiger charge is -2.40. The smallest absolute Gasteiger partial charge is 0.307 e. The number of nitrogens with zero attached hydrogens (tertiary/aromatic N) is 1. The summed E-state index contributed by atoms with van der Waals surface area (Å²) in [6.45, 7) is 1.33. The van der Waals surface area contributed by atoms with Crippen LogP contribution in [0.2, 0.25) is 0 Å². The predicted molar refractivity (Wildman–Crippen MR) is 90.2 cm³/mol. The maximum absolute atomic E-state index is 12.3. The molecule has 0 aliphatic carbocycles. The summed E-state index contributed by atoms with van der Waals surface area (Å²) in [5.41, 5.74) is 0.848. The molecule has 1 heterocycles. The molecule has 1 aliphatic heterocycles. The average Bonchev–Trinajstić information content (AvgIpc) is 2.58. The molecule has 7 nitrogen and oxygen atoms in total. The number of carbonyl (C=O) groups excluding carboxylic acids is 3. The van der Waals surface area contributed by atoms with Crippen LogP contribution in [0.3, 0.4) is 0 Å². The second kappa shape index (κ2) is 8.43. The highest BCUT2D eigenvalue weighted by Crippen LogP contribution is 2.20. The SMILES string of the molecule is COC(=O)C[C@H]1[C@H](O)C=C[C@H](NC(=O)Cc2ccccc2)N1C(C)=O. The number of aliphatic hydroxyl groups is 1. The second-order valence-corrected chi connectivity index (χ2v) is 5.82. The van der Waals surface area contributed by atoms with Crippen molar-refractivity contribution in [2.75, 3.05) is 7.11 Å². The molecule has 0 bridgehead atoms. The number of aliphatic hydroxyl groups excluding tert-OH is 1. The molecule has 0 fully saturated rings. The van der Waals surface area contributed by atoms with Gasteiger partial charge in [-0.25, -0.2) is 0 Å². The van der Waals surface area contributed by atoms with E-state index in [1.54, 1.807) is 6.08 Å². The van der Waals surface area contributed by atoms with E-state index in [1.165, 1.54) is 25.0 Å². The van der Waals surface area contributed by atoms with Gasteiger partial charge in [0.1, 0.15) is 6.17 Å². The third-order valence-corrected chi connectivity index (χ3v) is 4.03. The first kappa shape index (κ1) is 18.7. The highest BCUT2D eigenvalue weighted by atomic mass is 16.5. The molecule has 2 N–H and O–H groups in total. The van der Waals surface area contributed by atoms with Gasteiger partial charge in [0.05, 0.1) is 32.1 Å². The molecule has 3 atom stereocenters. The lowest BCUT2D eigenvalue weighted by Crippen LogP contribution is -2.59. The van der Waals surface area contributed by atoms with Crippen LogP contribution in [0.1, 0.15) is 18.9 Å². The number of hydrogen-bond acceptors (Lipinski definition) is 5. The maximum Gasteiger partial charge on any atom is 0.307 e. The van der Waals surface area contributed by atoms with Crippen molar-refractivity contribution < 1.29 is 24.2 Å². The van der Waals surface area contributed by atoms with Gasteiger partial charge in [-0.15, -0.1) is 0 Å². The highest BCUT2D eigenvalue weighted by Gasteiger charge is 2.37. The minimum absolute atomic E-state index is 0.160. The van der Waals surface area contributed by atoms with Crippen molar-refractivity contribution in [1.29, 1.82) is 0 Å². The van der Waals surface area contributed by atoms with Crippen molar-refractivity contribution in [2.45, 2.75) is 38.1 Å². The minimum atomic E-state index is -1.01. The average molecular weight is 346 g/mol. The Balaban J connectivity index is 2.12. The molecule has 7 heteroatoms.